The van der Waals surface area contributed by atoms with E-state index in [2.05, 4.69) is 0 Å². The van der Waals surface area contributed by atoms with Crippen LogP contribution in [0, 0.1) is 11.7 Å². The fraction of sp³-hybridized carbons (Fsp3) is 0.462. The first-order valence-electron chi connectivity index (χ1n) is 5.77. The van der Waals surface area contributed by atoms with Crippen LogP contribution in [0.15, 0.2) is 18.2 Å². The van der Waals surface area contributed by atoms with Gasteiger partial charge in [0.2, 0.25) is 0 Å². The monoisotopic (exact) mass is 255 g/mol. The fourth-order valence-corrected chi connectivity index (χ4v) is 2.11. The predicted molar refractivity (Wildman–Crippen MR) is 65.4 cm³/mol. The van der Waals surface area contributed by atoms with Gasteiger partial charge in [0.15, 0.2) is 0 Å². The summed E-state index contributed by atoms with van der Waals surface area (Å²) in [5.74, 6) is 0.0801. The van der Waals surface area contributed by atoms with Crippen molar-refractivity contribution in [1.82, 2.24) is 0 Å². The van der Waals surface area contributed by atoms with E-state index in [1.165, 1.54) is 18.2 Å². The lowest BCUT2D eigenvalue weighted by Crippen LogP contribution is -2.26. The topological polar surface area (TPSA) is 43.1 Å². The summed E-state index contributed by atoms with van der Waals surface area (Å²) in [6.45, 7) is 0. The number of ketones is 1. The molecule has 1 fully saturated rings. The molecule has 0 saturated heterocycles. The first-order chi connectivity index (χ1) is 8.06. The third kappa shape index (κ3) is 3.51. The summed E-state index contributed by atoms with van der Waals surface area (Å²) in [5, 5.41) is 0.445. The zero-order chi connectivity index (χ0) is 12.4. The highest BCUT2D eigenvalue weighted by atomic mass is 35.5. The Bertz CT molecular complexity index is 431. The minimum atomic E-state index is -0.386. The van der Waals surface area contributed by atoms with Gasteiger partial charge in [-0.25, -0.2) is 4.39 Å². The van der Waals surface area contributed by atoms with E-state index in [9.17, 15) is 9.18 Å². The zero-order valence-corrected chi connectivity index (χ0v) is 10.2. The molecule has 92 valence electrons. The number of benzene rings is 1. The molecule has 17 heavy (non-hydrogen) atoms. The number of Topliss-reactive ketones (excluding diaryl/α,β-unsaturated/α-hetero) is 1. The third-order valence-electron chi connectivity index (χ3n) is 3.09. The Morgan fingerprint density at radius 2 is 2.24 bits per heavy atom. The van der Waals surface area contributed by atoms with Crippen LogP contribution >= 0.6 is 11.6 Å². The summed E-state index contributed by atoms with van der Waals surface area (Å²) < 4.78 is 13.4. The van der Waals surface area contributed by atoms with E-state index in [0.29, 0.717) is 22.9 Å². The van der Waals surface area contributed by atoms with Gasteiger partial charge in [0.1, 0.15) is 11.6 Å². The largest absolute Gasteiger partial charge is 0.327 e. The third-order valence-corrected chi connectivity index (χ3v) is 3.32. The second-order valence-corrected chi connectivity index (χ2v) is 5.09. The van der Waals surface area contributed by atoms with Crippen LogP contribution < -0.4 is 5.73 Å². The molecule has 1 aromatic carbocycles. The number of halogens is 2. The fourth-order valence-electron chi connectivity index (χ4n) is 1.92. The van der Waals surface area contributed by atoms with Crippen molar-refractivity contribution in [2.75, 3.05) is 0 Å². The molecule has 0 amide bonds. The molecule has 4 heteroatoms. The molecular formula is C13H15ClFNO. The molecule has 0 heterocycles. The Hall–Kier alpha value is -0.930. The molecule has 1 aliphatic carbocycles. The molecule has 0 bridgehead atoms. The number of carbonyl (C=O) groups excluding carboxylic acids is 1. The van der Waals surface area contributed by atoms with Gasteiger partial charge in [0.05, 0.1) is 0 Å². The maximum Gasteiger partial charge on any atom is 0.138 e. The van der Waals surface area contributed by atoms with Gasteiger partial charge in [-0.15, -0.1) is 0 Å². The van der Waals surface area contributed by atoms with Gasteiger partial charge in [-0.3, -0.25) is 4.79 Å². The molecule has 2 nitrogen and oxygen atoms in total. The summed E-state index contributed by atoms with van der Waals surface area (Å²) in [6.07, 6.45) is 2.63. The van der Waals surface area contributed by atoms with Gasteiger partial charge >= 0.3 is 0 Å². The summed E-state index contributed by atoms with van der Waals surface area (Å²) in [7, 11) is 0. The summed E-state index contributed by atoms with van der Waals surface area (Å²) in [6, 6.07) is 4.19. The molecule has 0 aliphatic heterocycles. The number of nitrogens with two attached hydrogens (primary N) is 1. The lowest BCUT2D eigenvalue weighted by atomic mass is 10.0. The van der Waals surface area contributed by atoms with Crippen molar-refractivity contribution in [2.45, 2.75) is 31.7 Å². The molecule has 1 saturated carbocycles. The van der Waals surface area contributed by atoms with Gasteiger partial charge in [0, 0.05) is 23.9 Å². The van der Waals surface area contributed by atoms with E-state index >= 15 is 0 Å². The van der Waals surface area contributed by atoms with Crippen molar-refractivity contribution < 1.29 is 9.18 Å². The average Bonchev–Trinajstić information content (AvgIpc) is 3.06. The van der Waals surface area contributed by atoms with Crippen LogP contribution in [-0.2, 0) is 11.2 Å². The van der Waals surface area contributed by atoms with Crippen LogP contribution in [0.2, 0.25) is 5.02 Å². The molecule has 0 aromatic heterocycles. The number of rotatable bonds is 5. The molecule has 1 aliphatic rings. The van der Waals surface area contributed by atoms with Gasteiger partial charge in [-0.2, -0.15) is 0 Å². The first-order valence-corrected chi connectivity index (χ1v) is 6.15. The molecular weight excluding hydrogens is 241 g/mol. The first kappa shape index (κ1) is 12.5. The quantitative estimate of drug-likeness (QED) is 0.879. The Morgan fingerprint density at radius 1 is 1.53 bits per heavy atom. The van der Waals surface area contributed by atoms with Crippen molar-refractivity contribution in [3.05, 3.63) is 34.6 Å². The van der Waals surface area contributed by atoms with Crippen LogP contribution in [0.5, 0.6) is 0 Å². The highest BCUT2D eigenvalue weighted by Gasteiger charge is 2.29. The Labute approximate surface area is 105 Å². The molecule has 2 rings (SSSR count). The number of hydrogen-bond donors (Lipinski definition) is 1. The lowest BCUT2D eigenvalue weighted by molar-refractivity contribution is -0.118. The highest BCUT2D eigenvalue weighted by molar-refractivity contribution is 6.30. The van der Waals surface area contributed by atoms with E-state index in [0.717, 1.165) is 12.8 Å². The summed E-state index contributed by atoms with van der Waals surface area (Å²) >= 11 is 5.76. The Kier molecular flexibility index (Phi) is 3.79. The van der Waals surface area contributed by atoms with Crippen LogP contribution in [0.25, 0.3) is 0 Å². The van der Waals surface area contributed by atoms with Crippen molar-refractivity contribution in [1.29, 1.82) is 0 Å². The standard InChI is InChI=1S/C13H15ClFNO/c14-10-3-4-12(15)9(5-10)6-11(17)7-13(16)8-1-2-8/h3-5,8,13H,1-2,6-7,16H2. The summed E-state index contributed by atoms with van der Waals surface area (Å²) in [5.41, 5.74) is 6.21. The van der Waals surface area contributed by atoms with Crippen LogP contribution in [0.3, 0.4) is 0 Å². The van der Waals surface area contributed by atoms with Gasteiger partial charge in [0.25, 0.3) is 0 Å². The SMILES string of the molecule is NC(CC(=O)Cc1cc(Cl)ccc1F)C1CC1. The molecule has 0 spiro atoms. The highest BCUT2D eigenvalue weighted by Crippen LogP contribution is 2.33. The predicted octanol–water partition coefficient (Wildman–Crippen LogP) is 2.72. The maximum atomic E-state index is 13.4. The van der Waals surface area contributed by atoms with Crippen molar-refractivity contribution in [3.63, 3.8) is 0 Å². The minimum Gasteiger partial charge on any atom is -0.327 e. The van der Waals surface area contributed by atoms with Crippen LogP contribution in [-0.4, -0.2) is 11.8 Å². The molecule has 1 unspecified atom stereocenters. The summed E-state index contributed by atoms with van der Waals surface area (Å²) in [4.78, 5) is 11.7. The van der Waals surface area contributed by atoms with Crippen molar-refractivity contribution in [2.24, 2.45) is 11.7 Å². The number of hydrogen-bond acceptors (Lipinski definition) is 2. The second-order valence-electron chi connectivity index (χ2n) is 4.66. The Morgan fingerprint density at radius 3 is 2.88 bits per heavy atom. The number of carbonyl (C=O) groups is 1. The zero-order valence-electron chi connectivity index (χ0n) is 9.46. The van der Waals surface area contributed by atoms with Crippen molar-refractivity contribution in [3.8, 4) is 0 Å². The van der Waals surface area contributed by atoms with Gasteiger partial charge in [-0.05, 0) is 42.5 Å². The van der Waals surface area contributed by atoms with Crippen molar-refractivity contribution >= 4 is 17.4 Å². The average molecular weight is 256 g/mol. The van der Waals surface area contributed by atoms with Gasteiger partial charge in [-0.1, -0.05) is 11.6 Å². The second kappa shape index (κ2) is 5.15. The molecule has 0 radical (unpaired) electrons. The Balaban J connectivity index is 1.94. The minimum absolute atomic E-state index is 0.0226. The van der Waals surface area contributed by atoms with E-state index < -0.39 is 0 Å². The smallest absolute Gasteiger partial charge is 0.138 e. The maximum absolute atomic E-state index is 13.4. The molecule has 1 atom stereocenters. The van der Waals surface area contributed by atoms with E-state index in [1.807, 2.05) is 0 Å². The molecule has 2 N–H and O–H groups in total. The van der Waals surface area contributed by atoms with Crippen LogP contribution in [0.1, 0.15) is 24.8 Å². The van der Waals surface area contributed by atoms with Crippen LogP contribution in [0.4, 0.5) is 4.39 Å². The molecule has 1 aromatic rings. The van der Waals surface area contributed by atoms with E-state index in [4.69, 9.17) is 17.3 Å². The lowest BCUT2D eigenvalue weighted by Gasteiger charge is -2.09. The van der Waals surface area contributed by atoms with Gasteiger partial charge < -0.3 is 5.73 Å². The van der Waals surface area contributed by atoms with E-state index in [-0.39, 0.29) is 24.1 Å². The van der Waals surface area contributed by atoms with E-state index in [1.54, 1.807) is 0 Å². The normalized spacial score (nSPS) is 16.9.